The van der Waals surface area contributed by atoms with E-state index < -0.39 is 5.41 Å². The first-order valence-corrected chi connectivity index (χ1v) is 28.7. The lowest BCUT2D eigenvalue weighted by molar-refractivity contribution is -0.153. The number of rotatable bonds is 34. The van der Waals surface area contributed by atoms with Gasteiger partial charge in [-0.3, -0.25) is 19.2 Å². The number of carbonyl (C=O) groups excluding carboxylic acids is 5. The van der Waals surface area contributed by atoms with Crippen molar-refractivity contribution in [2.24, 2.45) is 58.2 Å². The van der Waals surface area contributed by atoms with Gasteiger partial charge in [0.05, 0.1) is 36.2 Å². The smallest absolute Gasteiger partial charge is 0.307 e. The van der Waals surface area contributed by atoms with Crippen molar-refractivity contribution in [1.82, 2.24) is 5.32 Å². The van der Waals surface area contributed by atoms with Crippen LogP contribution in [0.3, 0.4) is 0 Å². The summed E-state index contributed by atoms with van der Waals surface area (Å²) in [6.07, 6.45) is 29.3. The van der Waals surface area contributed by atoms with Crippen molar-refractivity contribution in [2.45, 2.75) is 223 Å². The van der Waals surface area contributed by atoms with Crippen molar-refractivity contribution in [2.75, 3.05) is 59.8 Å². The Morgan fingerprint density at radius 3 is 1.47 bits per heavy atom. The summed E-state index contributed by atoms with van der Waals surface area (Å²) in [6, 6.07) is 0. The van der Waals surface area contributed by atoms with Gasteiger partial charge >= 0.3 is 11.9 Å². The molecule has 2 unspecified atom stereocenters. The molecule has 0 heterocycles. The molecule has 3 aliphatic carbocycles. The highest BCUT2D eigenvalue weighted by molar-refractivity contribution is 5.69. The highest BCUT2D eigenvalue weighted by Gasteiger charge is 2.30. The second-order valence-corrected chi connectivity index (χ2v) is 23.6. The summed E-state index contributed by atoms with van der Waals surface area (Å²) in [4.78, 5) is 54.6. The molecular formula is C60H111NO11. The van der Waals surface area contributed by atoms with Crippen LogP contribution in [0.4, 0.5) is 0 Å². The van der Waals surface area contributed by atoms with Gasteiger partial charge in [0.15, 0.2) is 0 Å². The SMILES string of the molecule is C=C(CCC(C)CCC(C)C)OCC(C)(COC)COC(=O)CCNCCC.CC1CCC(CCC(=O)OCC(C)(COC=O)COC=O)CC1.CC1CCC(CCC=O)CC1.CCCC1CCC(C)CC1. The fourth-order valence-corrected chi connectivity index (χ4v) is 9.62. The Labute approximate surface area is 441 Å². The van der Waals surface area contributed by atoms with Crippen molar-refractivity contribution < 1.29 is 52.4 Å². The molecule has 3 fully saturated rings. The Morgan fingerprint density at radius 2 is 1.03 bits per heavy atom. The van der Waals surface area contributed by atoms with Gasteiger partial charge in [0.25, 0.3) is 12.9 Å². The maximum atomic E-state index is 11.9. The Balaban J connectivity index is 0.00000101. The van der Waals surface area contributed by atoms with Gasteiger partial charge in [0.1, 0.15) is 32.7 Å². The minimum atomic E-state index is -0.724. The van der Waals surface area contributed by atoms with Gasteiger partial charge in [-0.25, -0.2) is 0 Å². The second kappa shape index (κ2) is 43.3. The minimum Gasteiger partial charge on any atom is -0.498 e. The van der Waals surface area contributed by atoms with Crippen LogP contribution in [0.25, 0.3) is 0 Å². The predicted molar refractivity (Wildman–Crippen MR) is 292 cm³/mol. The van der Waals surface area contributed by atoms with Crippen molar-refractivity contribution in [1.29, 1.82) is 0 Å². The standard InChI is InChI=1S/C23H45NO4.C17H28O6.C10H18O.C10H20/c1-8-14-24-15-13-22(25)28-18-23(6,16-26-7)17-27-21(5)12-11-20(4)10-9-19(2)3;1-14-3-5-15(6-4-14)7-8-16(20)23-11-17(2,9-21-12-18)10-22-13-19;1-9-4-6-10(7-5-9)3-2-8-11;1-3-4-10-7-5-9(2)6-8-10/h19-20,24H,5,8-18H2,1-4,6-7H3;12-15H,3-11H2,1-2H3;8-10H,2-7H2,1H3;9-10H,3-8H2,1-2H3. The van der Waals surface area contributed by atoms with Gasteiger partial charge in [-0.1, -0.05) is 172 Å². The summed E-state index contributed by atoms with van der Waals surface area (Å²) in [7, 11) is 1.65. The van der Waals surface area contributed by atoms with Gasteiger partial charge < -0.3 is 38.5 Å². The zero-order valence-electron chi connectivity index (χ0n) is 48.2. The lowest BCUT2D eigenvalue weighted by Crippen LogP contribution is -2.35. The quantitative estimate of drug-likeness (QED) is 0.0215. The molecule has 72 heavy (non-hydrogen) atoms. The molecule has 2 atom stereocenters. The summed E-state index contributed by atoms with van der Waals surface area (Å²) in [5, 5.41) is 3.20. The topological polar surface area (TPSA) is 153 Å². The first kappa shape index (κ1) is 69.0. The molecule has 0 aromatic rings. The van der Waals surface area contributed by atoms with Crippen LogP contribution in [0.1, 0.15) is 223 Å². The lowest BCUT2D eigenvalue weighted by atomic mass is 9.81. The third kappa shape index (κ3) is 38.6. The second-order valence-electron chi connectivity index (χ2n) is 23.6. The van der Waals surface area contributed by atoms with Crippen LogP contribution in [-0.2, 0) is 52.4 Å². The molecule has 0 saturated heterocycles. The van der Waals surface area contributed by atoms with E-state index in [9.17, 15) is 24.0 Å². The molecule has 3 saturated carbocycles. The van der Waals surface area contributed by atoms with Crippen LogP contribution in [0.2, 0.25) is 0 Å². The number of hydrogen-bond acceptors (Lipinski definition) is 12. The zero-order valence-corrected chi connectivity index (χ0v) is 48.2. The van der Waals surface area contributed by atoms with Crippen molar-refractivity contribution >= 4 is 31.2 Å². The molecule has 0 aromatic carbocycles. The predicted octanol–water partition coefficient (Wildman–Crippen LogP) is 13.8. The largest absolute Gasteiger partial charge is 0.498 e. The molecular weight excluding hydrogens is 911 g/mol. The molecule has 0 aliphatic heterocycles. The highest BCUT2D eigenvalue weighted by atomic mass is 16.6. The lowest BCUT2D eigenvalue weighted by Gasteiger charge is -2.28. The van der Waals surface area contributed by atoms with Crippen molar-refractivity contribution in [3.8, 4) is 0 Å². The Morgan fingerprint density at radius 1 is 0.569 bits per heavy atom. The van der Waals surface area contributed by atoms with Crippen LogP contribution in [0.5, 0.6) is 0 Å². The third-order valence-electron chi connectivity index (χ3n) is 14.9. The number of hydrogen-bond donors (Lipinski definition) is 1. The Bertz CT molecular complexity index is 1350. The molecule has 0 radical (unpaired) electrons. The maximum Gasteiger partial charge on any atom is 0.307 e. The van der Waals surface area contributed by atoms with Crippen LogP contribution in [0.15, 0.2) is 12.3 Å². The molecule has 0 spiro atoms. The Hall–Kier alpha value is -2.99. The van der Waals surface area contributed by atoms with Crippen LogP contribution in [-0.4, -0.2) is 91.0 Å². The minimum absolute atomic E-state index is 0.0259. The molecule has 0 bridgehead atoms. The van der Waals surface area contributed by atoms with E-state index in [4.69, 9.17) is 28.4 Å². The van der Waals surface area contributed by atoms with Crippen LogP contribution < -0.4 is 5.32 Å². The fourth-order valence-electron chi connectivity index (χ4n) is 9.62. The van der Waals surface area contributed by atoms with E-state index >= 15 is 0 Å². The summed E-state index contributed by atoms with van der Waals surface area (Å²) in [6.45, 7) is 29.5. The summed E-state index contributed by atoms with van der Waals surface area (Å²) < 4.78 is 31.4. The average molecular weight is 1020 g/mol. The van der Waals surface area contributed by atoms with Gasteiger partial charge in [-0.15, -0.1) is 0 Å². The monoisotopic (exact) mass is 1020 g/mol. The van der Waals surface area contributed by atoms with Gasteiger partial charge in [-0.05, 0) is 86.5 Å². The number of aldehydes is 1. The van der Waals surface area contributed by atoms with E-state index in [0.29, 0.717) is 57.4 Å². The van der Waals surface area contributed by atoms with Crippen LogP contribution in [0, 0.1) is 58.2 Å². The Kier molecular flexibility index (Phi) is 41.5. The van der Waals surface area contributed by atoms with Crippen LogP contribution >= 0.6 is 0 Å². The molecule has 12 heteroatoms. The number of ether oxygens (including phenoxy) is 6. The fraction of sp³-hybridized carbons (Fsp3) is 0.883. The molecule has 422 valence electrons. The van der Waals surface area contributed by atoms with Gasteiger partial charge in [0.2, 0.25) is 0 Å². The number of carbonyl (C=O) groups is 5. The normalized spacial score (nSPS) is 22.1. The van der Waals surface area contributed by atoms with E-state index in [1.807, 2.05) is 6.92 Å². The average Bonchev–Trinajstić information content (AvgIpc) is 3.37. The third-order valence-corrected chi connectivity index (χ3v) is 14.9. The number of methoxy groups -OCH3 is 1. The van der Waals surface area contributed by atoms with E-state index in [2.05, 4.69) is 67.3 Å². The van der Waals surface area contributed by atoms with Crippen molar-refractivity contribution in [3.63, 3.8) is 0 Å². The molecule has 0 aromatic heterocycles. The number of esters is 2. The molecule has 3 rings (SSSR count). The first-order valence-electron chi connectivity index (χ1n) is 28.7. The summed E-state index contributed by atoms with van der Waals surface area (Å²) in [5.41, 5.74) is -1.11. The molecule has 3 aliphatic rings. The highest BCUT2D eigenvalue weighted by Crippen LogP contribution is 2.33. The number of nitrogens with one attached hydrogen (secondary N) is 1. The van der Waals surface area contributed by atoms with E-state index in [-0.39, 0.29) is 43.8 Å². The first-order chi connectivity index (χ1) is 34.4. The maximum absolute atomic E-state index is 11.9. The van der Waals surface area contributed by atoms with Crippen molar-refractivity contribution in [3.05, 3.63) is 12.3 Å². The van der Waals surface area contributed by atoms with Gasteiger partial charge in [0, 0.05) is 32.9 Å². The number of allylic oxidation sites excluding steroid dienone is 1. The zero-order chi connectivity index (χ0) is 54.0. The summed E-state index contributed by atoms with van der Waals surface area (Å²) in [5.74, 6) is 7.09. The van der Waals surface area contributed by atoms with E-state index in [0.717, 1.165) is 92.6 Å². The molecule has 1 N–H and O–H groups in total. The molecule has 12 nitrogen and oxygen atoms in total. The van der Waals surface area contributed by atoms with E-state index in [1.165, 1.54) is 103 Å². The van der Waals surface area contributed by atoms with E-state index in [1.54, 1.807) is 14.0 Å². The summed E-state index contributed by atoms with van der Waals surface area (Å²) >= 11 is 0. The molecule has 0 amide bonds. The van der Waals surface area contributed by atoms with Gasteiger partial charge in [-0.2, -0.15) is 0 Å².